The summed E-state index contributed by atoms with van der Waals surface area (Å²) in [6, 6.07) is 14.9. The summed E-state index contributed by atoms with van der Waals surface area (Å²) in [6.07, 6.45) is 0.223. The Morgan fingerprint density at radius 3 is 2.58 bits per heavy atom. The SMILES string of the molecule is COc1ccc(N2C[C@H](C(=O)Nc3ccccc3I)CC2=O)cc1. The van der Waals surface area contributed by atoms with Gasteiger partial charge in [-0.2, -0.15) is 0 Å². The van der Waals surface area contributed by atoms with Crippen molar-refractivity contribution in [3.63, 3.8) is 0 Å². The van der Waals surface area contributed by atoms with Gasteiger partial charge in [0.05, 0.1) is 18.7 Å². The molecule has 1 aliphatic rings. The van der Waals surface area contributed by atoms with E-state index in [-0.39, 0.29) is 24.2 Å². The molecule has 1 aliphatic heterocycles. The lowest BCUT2D eigenvalue weighted by Crippen LogP contribution is -2.28. The number of methoxy groups -OCH3 is 1. The highest BCUT2D eigenvalue weighted by Gasteiger charge is 2.35. The molecule has 1 N–H and O–H groups in total. The Bertz CT molecular complexity index is 761. The maximum absolute atomic E-state index is 12.5. The summed E-state index contributed by atoms with van der Waals surface area (Å²) in [4.78, 5) is 26.4. The van der Waals surface area contributed by atoms with Gasteiger partial charge < -0.3 is 15.0 Å². The lowest BCUT2D eigenvalue weighted by Gasteiger charge is -2.17. The third-order valence-corrected chi connectivity index (χ3v) is 4.95. The number of nitrogens with zero attached hydrogens (tertiary/aromatic N) is 1. The largest absolute Gasteiger partial charge is 0.497 e. The normalized spacial score (nSPS) is 17.0. The van der Waals surface area contributed by atoms with Crippen LogP contribution in [0.15, 0.2) is 48.5 Å². The Hall–Kier alpha value is -2.09. The van der Waals surface area contributed by atoms with E-state index in [1.165, 1.54) is 0 Å². The number of rotatable bonds is 4. The summed E-state index contributed by atoms with van der Waals surface area (Å²) >= 11 is 2.18. The van der Waals surface area contributed by atoms with Crippen LogP contribution in [-0.2, 0) is 9.59 Å². The summed E-state index contributed by atoms with van der Waals surface area (Å²) in [5, 5.41) is 2.92. The number of ether oxygens (including phenoxy) is 1. The number of benzene rings is 2. The molecule has 6 heteroatoms. The second-order valence-electron chi connectivity index (χ2n) is 5.57. The van der Waals surface area contributed by atoms with Crippen molar-refractivity contribution < 1.29 is 14.3 Å². The number of hydrogen-bond acceptors (Lipinski definition) is 3. The number of amides is 2. The van der Waals surface area contributed by atoms with Crippen molar-refractivity contribution in [3.05, 3.63) is 52.1 Å². The van der Waals surface area contributed by atoms with Gasteiger partial charge in [0, 0.05) is 22.2 Å². The fourth-order valence-corrected chi connectivity index (χ4v) is 3.21. The fourth-order valence-electron chi connectivity index (χ4n) is 2.69. The molecule has 124 valence electrons. The van der Waals surface area contributed by atoms with Gasteiger partial charge in [-0.3, -0.25) is 9.59 Å². The molecule has 2 amide bonds. The van der Waals surface area contributed by atoms with Crippen LogP contribution in [-0.4, -0.2) is 25.5 Å². The van der Waals surface area contributed by atoms with Crippen molar-refractivity contribution in [2.75, 3.05) is 23.9 Å². The number of carbonyl (C=O) groups is 2. The van der Waals surface area contributed by atoms with Crippen LogP contribution in [0, 0.1) is 9.49 Å². The monoisotopic (exact) mass is 436 g/mol. The molecule has 24 heavy (non-hydrogen) atoms. The molecule has 1 fully saturated rings. The number of halogens is 1. The molecular formula is C18H17IN2O3. The number of anilines is 2. The maximum Gasteiger partial charge on any atom is 0.229 e. The van der Waals surface area contributed by atoms with Crippen LogP contribution >= 0.6 is 22.6 Å². The Labute approximate surface area is 154 Å². The standard InChI is InChI=1S/C18H17IN2O3/c1-24-14-8-6-13(7-9-14)21-11-12(10-17(21)22)18(23)20-16-5-3-2-4-15(16)19/h2-9,12H,10-11H2,1H3,(H,20,23)/t12-/m1/s1. The molecule has 2 aromatic rings. The average Bonchev–Trinajstić information content (AvgIpc) is 2.99. The van der Waals surface area contributed by atoms with Crippen LogP contribution in [0.2, 0.25) is 0 Å². The number of nitrogens with one attached hydrogen (secondary N) is 1. The smallest absolute Gasteiger partial charge is 0.229 e. The number of hydrogen-bond donors (Lipinski definition) is 1. The summed E-state index contributed by atoms with van der Waals surface area (Å²) < 4.78 is 6.10. The average molecular weight is 436 g/mol. The van der Waals surface area contributed by atoms with E-state index in [9.17, 15) is 9.59 Å². The van der Waals surface area contributed by atoms with Gasteiger partial charge in [0.1, 0.15) is 5.75 Å². The minimum absolute atomic E-state index is 0.0388. The van der Waals surface area contributed by atoms with Gasteiger partial charge in [0.15, 0.2) is 0 Å². The van der Waals surface area contributed by atoms with Gasteiger partial charge in [-0.15, -0.1) is 0 Å². The van der Waals surface area contributed by atoms with Gasteiger partial charge in [-0.25, -0.2) is 0 Å². The van der Waals surface area contributed by atoms with Crippen LogP contribution in [0.5, 0.6) is 5.75 Å². The number of carbonyl (C=O) groups excluding carboxylic acids is 2. The maximum atomic E-state index is 12.5. The Morgan fingerprint density at radius 1 is 1.21 bits per heavy atom. The first kappa shape index (κ1) is 16.8. The molecule has 0 aromatic heterocycles. The second kappa shape index (κ2) is 7.21. The molecule has 1 saturated heterocycles. The molecule has 0 unspecified atom stereocenters. The highest BCUT2D eigenvalue weighted by atomic mass is 127. The van der Waals surface area contributed by atoms with Crippen LogP contribution in [0.3, 0.4) is 0 Å². The van der Waals surface area contributed by atoms with E-state index in [1.807, 2.05) is 48.5 Å². The highest BCUT2D eigenvalue weighted by Crippen LogP contribution is 2.28. The molecule has 2 aromatic carbocycles. The van der Waals surface area contributed by atoms with E-state index in [4.69, 9.17) is 4.74 Å². The van der Waals surface area contributed by atoms with E-state index < -0.39 is 0 Å². The van der Waals surface area contributed by atoms with Gasteiger partial charge in [-0.05, 0) is 59.0 Å². The minimum atomic E-state index is -0.351. The lowest BCUT2D eigenvalue weighted by molar-refractivity contribution is -0.122. The van der Waals surface area contributed by atoms with Gasteiger partial charge in [-0.1, -0.05) is 12.1 Å². The molecule has 0 spiro atoms. The molecule has 0 radical (unpaired) electrons. The van der Waals surface area contributed by atoms with Crippen molar-refractivity contribution in [1.82, 2.24) is 0 Å². The van der Waals surface area contributed by atoms with E-state index in [2.05, 4.69) is 27.9 Å². The van der Waals surface area contributed by atoms with Crippen molar-refractivity contribution in [3.8, 4) is 5.75 Å². The molecular weight excluding hydrogens is 419 g/mol. The predicted molar refractivity (Wildman–Crippen MR) is 101 cm³/mol. The third kappa shape index (κ3) is 3.53. The predicted octanol–water partition coefficient (Wildman–Crippen LogP) is 3.29. The Balaban J connectivity index is 1.69. The molecule has 0 saturated carbocycles. The zero-order valence-electron chi connectivity index (χ0n) is 13.2. The van der Waals surface area contributed by atoms with Gasteiger partial charge in [0.25, 0.3) is 0 Å². The van der Waals surface area contributed by atoms with E-state index in [0.717, 1.165) is 20.7 Å². The summed E-state index contributed by atoms with van der Waals surface area (Å²) in [7, 11) is 1.60. The van der Waals surface area contributed by atoms with E-state index in [1.54, 1.807) is 12.0 Å². The zero-order chi connectivity index (χ0) is 17.1. The van der Waals surface area contributed by atoms with E-state index >= 15 is 0 Å². The minimum Gasteiger partial charge on any atom is -0.497 e. The van der Waals surface area contributed by atoms with Gasteiger partial charge in [0.2, 0.25) is 11.8 Å². The van der Waals surface area contributed by atoms with Crippen molar-refractivity contribution >= 4 is 45.8 Å². The summed E-state index contributed by atoms with van der Waals surface area (Å²) in [6.45, 7) is 0.389. The molecule has 3 rings (SSSR count). The molecule has 0 bridgehead atoms. The third-order valence-electron chi connectivity index (χ3n) is 4.01. The molecule has 5 nitrogen and oxygen atoms in total. The van der Waals surface area contributed by atoms with Crippen molar-refractivity contribution in [2.24, 2.45) is 5.92 Å². The van der Waals surface area contributed by atoms with Crippen LogP contribution < -0.4 is 15.0 Å². The summed E-state index contributed by atoms with van der Waals surface area (Å²) in [5.41, 5.74) is 1.56. The van der Waals surface area contributed by atoms with Crippen LogP contribution in [0.1, 0.15) is 6.42 Å². The summed E-state index contributed by atoms with van der Waals surface area (Å²) in [5.74, 6) is 0.223. The quantitative estimate of drug-likeness (QED) is 0.749. The first-order valence-electron chi connectivity index (χ1n) is 7.58. The van der Waals surface area contributed by atoms with Crippen LogP contribution in [0.4, 0.5) is 11.4 Å². The van der Waals surface area contributed by atoms with Crippen LogP contribution in [0.25, 0.3) is 0 Å². The second-order valence-corrected chi connectivity index (χ2v) is 6.73. The fraction of sp³-hybridized carbons (Fsp3) is 0.222. The lowest BCUT2D eigenvalue weighted by atomic mass is 10.1. The first-order valence-corrected chi connectivity index (χ1v) is 8.66. The Morgan fingerprint density at radius 2 is 1.92 bits per heavy atom. The number of para-hydroxylation sites is 1. The van der Waals surface area contributed by atoms with Gasteiger partial charge >= 0.3 is 0 Å². The first-order chi connectivity index (χ1) is 11.6. The topological polar surface area (TPSA) is 58.6 Å². The highest BCUT2D eigenvalue weighted by molar-refractivity contribution is 14.1. The molecule has 1 atom stereocenters. The Kier molecular flexibility index (Phi) is 5.03. The molecule has 0 aliphatic carbocycles. The van der Waals surface area contributed by atoms with E-state index in [0.29, 0.717) is 6.54 Å². The van der Waals surface area contributed by atoms with Crippen molar-refractivity contribution in [1.29, 1.82) is 0 Å². The zero-order valence-corrected chi connectivity index (χ0v) is 15.3. The molecule has 1 heterocycles. The van der Waals surface area contributed by atoms with Crippen molar-refractivity contribution in [2.45, 2.75) is 6.42 Å².